The Bertz CT molecular complexity index is 406. The van der Waals surface area contributed by atoms with Crippen molar-refractivity contribution in [3.63, 3.8) is 0 Å². The fourth-order valence-corrected chi connectivity index (χ4v) is 2.29. The van der Waals surface area contributed by atoms with Gasteiger partial charge in [-0.15, -0.1) is 0 Å². The van der Waals surface area contributed by atoms with Crippen LogP contribution in [0.2, 0.25) is 0 Å². The summed E-state index contributed by atoms with van der Waals surface area (Å²) in [6.07, 6.45) is 1.58. The fraction of sp³-hybridized carbons (Fsp3) is 0.462. The van der Waals surface area contributed by atoms with Crippen molar-refractivity contribution in [2.75, 3.05) is 25.0 Å². The Balaban J connectivity index is 1.65. The van der Waals surface area contributed by atoms with Gasteiger partial charge in [0.2, 0.25) is 5.91 Å². The van der Waals surface area contributed by atoms with Crippen molar-refractivity contribution >= 4 is 27.5 Å². The number of hydrogen-bond donors (Lipinski definition) is 2. The lowest BCUT2D eigenvalue weighted by Gasteiger charge is -2.11. The molecule has 98 valence electrons. The molecule has 0 aromatic heterocycles. The molecule has 1 fully saturated rings. The Kier molecular flexibility index (Phi) is 5.01. The first-order chi connectivity index (χ1) is 8.75. The van der Waals surface area contributed by atoms with E-state index in [1.54, 1.807) is 0 Å². The van der Waals surface area contributed by atoms with Crippen LogP contribution in [0.1, 0.15) is 12.8 Å². The van der Waals surface area contributed by atoms with Crippen molar-refractivity contribution < 1.29 is 9.53 Å². The predicted octanol–water partition coefficient (Wildman–Crippen LogP) is 2.16. The number of benzene rings is 1. The fourth-order valence-electron chi connectivity index (χ4n) is 1.89. The zero-order valence-electron chi connectivity index (χ0n) is 10.1. The molecule has 1 aliphatic rings. The highest BCUT2D eigenvalue weighted by Crippen LogP contribution is 2.15. The Morgan fingerprint density at radius 1 is 1.44 bits per heavy atom. The van der Waals surface area contributed by atoms with Crippen molar-refractivity contribution in [3.8, 4) is 0 Å². The Hall–Kier alpha value is -1.07. The van der Waals surface area contributed by atoms with Gasteiger partial charge in [-0.25, -0.2) is 0 Å². The summed E-state index contributed by atoms with van der Waals surface area (Å²) in [7, 11) is 0. The van der Waals surface area contributed by atoms with Crippen LogP contribution in [0.3, 0.4) is 0 Å². The van der Waals surface area contributed by atoms with Gasteiger partial charge in [0.25, 0.3) is 0 Å². The van der Waals surface area contributed by atoms with E-state index < -0.39 is 0 Å². The topological polar surface area (TPSA) is 50.4 Å². The largest absolute Gasteiger partial charge is 0.383 e. The number of carbonyl (C=O) groups is 1. The zero-order chi connectivity index (χ0) is 12.8. The summed E-state index contributed by atoms with van der Waals surface area (Å²) in [5, 5.41) is 6.12. The molecular weight excluding hydrogens is 296 g/mol. The van der Waals surface area contributed by atoms with Crippen molar-refractivity contribution in [2.24, 2.45) is 0 Å². The minimum absolute atomic E-state index is 0.00328. The van der Waals surface area contributed by atoms with Crippen molar-refractivity contribution in [2.45, 2.75) is 18.9 Å². The molecule has 1 aromatic rings. The van der Waals surface area contributed by atoms with Crippen LogP contribution in [0, 0.1) is 0 Å². The van der Waals surface area contributed by atoms with Crippen LogP contribution in [-0.2, 0) is 9.53 Å². The maximum atomic E-state index is 11.6. The van der Waals surface area contributed by atoms with Crippen LogP contribution in [0.5, 0.6) is 0 Å². The number of amides is 1. The second-order valence-electron chi connectivity index (χ2n) is 4.23. The molecule has 4 nitrogen and oxygen atoms in total. The number of hydrogen-bond acceptors (Lipinski definition) is 3. The normalized spacial score (nSPS) is 18.6. The molecular formula is C13H17BrN2O2. The van der Waals surface area contributed by atoms with Crippen LogP contribution in [0.4, 0.5) is 5.69 Å². The molecule has 2 rings (SSSR count). The molecule has 1 unspecified atom stereocenters. The maximum absolute atomic E-state index is 11.6. The van der Waals surface area contributed by atoms with E-state index in [2.05, 4.69) is 26.6 Å². The molecule has 0 bridgehead atoms. The van der Waals surface area contributed by atoms with E-state index in [1.165, 1.54) is 0 Å². The van der Waals surface area contributed by atoms with Crippen LogP contribution < -0.4 is 10.6 Å². The molecule has 0 aliphatic carbocycles. The van der Waals surface area contributed by atoms with Gasteiger partial charge in [0.05, 0.1) is 0 Å². The summed E-state index contributed by atoms with van der Waals surface area (Å²) in [6.45, 7) is 2.01. The maximum Gasteiger partial charge on any atom is 0.249 e. The van der Waals surface area contributed by atoms with Crippen molar-refractivity contribution in [3.05, 3.63) is 28.7 Å². The van der Waals surface area contributed by atoms with E-state index >= 15 is 0 Å². The van der Waals surface area contributed by atoms with E-state index in [1.807, 2.05) is 24.3 Å². The number of anilines is 1. The third-order valence-corrected chi connectivity index (χ3v) is 3.29. The quantitative estimate of drug-likeness (QED) is 0.819. The Morgan fingerprint density at radius 2 is 2.33 bits per heavy atom. The number of ether oxygens (including phenoxy) is 1. The third-order valence-electron chi connectivity index (χ3n) is 2.80. The average molecular weight is 313 g/mol. The summed E-state index contributed by atoms with van der Waals surface area (Å²) in [5.74, 6) is 0.00328. The lowest BCUT2D eigenvalue weighted by Crippen LogP contribution is -2.36. The van der Waals surface area contributed by atoms with Crippen molar-refractivity contribution in [1.82, 2.24) is 5.32 Å². The number of carbonyl (C=O) groups excluding carboxylic acids is 1. The molecule has 1 atom stereocenters. The van der Waals surface area contributed by atoms with E-state index in [9.17, 15) is 4.79 Å². The highest BCUT2D eigenvalue weighted by molar-refractivity contribution is 9.10. The van der Waals surface area contributed by atoms with E-state index in [0.29, 0.717) is 19.7 Å². The average Bonchev–Trinajstić information content (AvgIpc) is 2.88. The predicted molar refractivity (Wildman–Crippen MR) is 74.6 cm³/mol. The second kappa shape index (κ2) is 6.75. The van der Waals surface area contributed by atoms with E-state index in [4.69, 9.17) is 4.74 Å². The van der Waals surface area contributed by atoms with Crippen LogP contribution in [-0.4, -0.2) is 31.7 Å². The molecule has 1 amide bonds. The summed E-state index contributed by atoms with van der Waals surface area (Å²) >= 11 is 3.41. The molecule has 1 aromatic carbocycles. The highest BCUT2D eigenvalue weighted by atomic mass is 79.9. The summed E-state index contributed by atoms with van der Waals surface area (Å²) < 4.78 is 6.35. The molecule has 1 aliphatic heterocycles. The first kappa shape index (κ1) is 13.4. The van der Waals surface area contributed by atoms with Gasteiger partial charge in [-0.3, -0.25) is 4.79 Å². The highest BCUT2D eigenvalue weighted by Gasteiger charge is 2.22. The van der Waals surface area contributed by atoms with Gasteiger partial charge in [0, 0.05) is 29.9 Å². The van der Waals surface area contributed by atoms with Crippen LogP contribution >= 0.6 is 15.9 Å². The van der Waals surface area contributed by atoms with Gasteiger partial charge in [-0.05, 0) is 31.0 Å². The SMILES string of the molecule is O=C(NCCNc1cccc(Br)c1)C1CCCO1. The molecule has 1 heterocycles. The van der Waals surface area contributed by atoms with Gasteiger partial charge in [-0.1, -0.05) is 22.0 Å². The lowest BCUT2D eigenvalue weighted by molar-refractivity contribution is -0.129. The summed E-state index contributed by atoms with van der Waals surface area (Å²) in [6, 6.07) is 7.94. The molecule has 1 saturated heterocycles. The zero-order valence-corrected chi connectivity index (χ0v) is 11.7. The van der Waals surface area contributed by atoms with Gasteiger partial charge in [-0.2, -0.15) is 0 Å². The molecule has 0 spiro atoms. The smallest absolute Gasteiger partial charge is 0.249 e. The monoisotopic (exact) mass is 312 g/mol. The number of rotatable bonds is 5. The van der Waals surface area contributed by atoms with Crippen molar-refractivity contribution in [1.29, 1.82) is 0 Å². The lowest BCUT2D eigenvalue weighted by atomic mass is 10.2. The summed E-state index contributed by atoms with van der Waals surface area (Å²) in [5.41, 5.74) is 1.04. The van der Waals surface area contributed by atoms with Gasteiger partial charge in [0.1, 0.15) is 6.10 Å². The van der Waals surface area contributed by atoms with E-state index in [-0.39, 0.29) is 12.0 Å². The Morgan fingerprint density at radius 3 is 3.06 bits per heavy atom. The molecule has 0 radical (unpaired) electrons. The summed E-state index contributed by atoms with van der Waals surface area (Å²) in [4.78, 5) is 11.6. The number of nitrogens with one attached hydrogen (secondary N) is 2. The van der Waals surface area contributed by atoms with Gasteiger partial charge < -0.3 is 15.4 Å². The standard InChI is InChI=1S/C13H17BrN2O2/c14-10-3-1-4-11(9-10)15-6-7-16-13(17)12-5-2-8-18-12/h1,3-4,9,12,15H,2,5-8H2,(H,16,17). The number of halogens is 1. The minimum atomic E-state index is -0.240. The molecule has 0 saturated carbocycles. The third kappa shape index (κ3) is 3.99. The van der Waals surface area contributed by atoms with Gasteiger partial charge >= 0.3 is 0 Å². The van der Waals surface area contributed by atoms with Gasteiger partial charge in [0.15, 0.2) is 0 Å². The first-order valence-electron chi connectivity index (χ1n) is 6.14. The second-order valence-corrected chi connectivity index (χ2v) is 5.15. The van der Waals surface area contributed by atoms with E-state index in [0.717, 1.165) is 23.0 Å². The Labute approximate surface area is 115 Å². The molecule has 2 N–H and O–H groups in total. The first-order valence-corrected chi connectivity index (χ1v) is 6.94. The van der Waals surface area contributed by atoms with Crippen LogP contribution in [0.15, 0.2) is 28.7 Å². The minimum Gasteiger partial charge on any atom is -0.383 e. The molecule has 5 heteroatoms. The van der Waals surface area contributed by atoms with Crippen LogP contribution in [0.25, 0.3) is 0 Å². The molecule has 18 heavy (non-hydrogen) atoms.